The fourth-order valence-corrected chi connectivity index (χ4v) is 4.48. The Morgan fingerprint density at radius 2 is 1.68 bits per heavy atom. The van der Waals surface area contributed by atoms with Crippen LogP contribution in [0.15, 0.2) is 0 Å². The van der Waals surface area contributed by atoms with Crippen LogP contribution < -0.4 is 10.2 Å². The summed E-state index contributed by atoms with van der Waals surface area (Å²) in [5.41, 5.74) is 0.667. The van der Waals surface area contributed by atoms with Gasteiger partial charge in [0.2, 0.25) is 0 Å². The van der Waals surface area contributed by atoms with Crippen LogP contribution in [0.2, 0.25) is 0 Å². The van der Waals surface area contributed by atoms with E-state index in [9.17, 15) is 14.4 Å². The molecule has 1 amide bonds. The van der Waals surface area contributed by atoms with Gasteiger partial charge in [-0.1, -0.05) is 0 Å². The number of thiophene rings is 1. The second-order valence-corrected chi connectivity index (χ2v) is 7.86. The third kappa shape index (κ3) is 5.52. The Bertz CT molecular complexity index is 722. The smallest absolute Gasteiger partial charge is 0.348 e. The summed E-state index contributed by atoms with van der Waals surface area (Å²) in [4.78, 5) is 38.6. The highest BCUT2D eigenvalue weighted by molar-refractivity contribution is 7.18. The van der Waals surface area contributed by atoms with Crippen LogP contribution in [0.1, 0.15) is 53.3 Å². The zero-order valence-electron chi connectivity index (χ0n) is 17.0. The second kappa shape index (κ2) is 9.99. The third-order valence-corrected chi connectivity index (χ3v) is 5.55. The van der Waals surface area contributed by atoms with Crippen LogP contribution in [-0.2, 0) is 19.0 Å². The summed E-state index contributed by atoms with van der Waals surface area (Å²) < 4.78 is 15.9. The summed E-state index contributed by atoms with van der Waals surface area (Å²) in [7, 11) is 0. The van der Waals surface area contributed by atoms with Gasteiger partial charge in [0.1, 0.15) is 35.2 Å². The van der Waals surface area contributed by atoms with Gasteiger partial charge >= 0.3 is 11.9 Å². The average Bonchev–Trinajstić information content (AvgIpc) is 2.90. The number of morpholine rings is 1. The predicted molar refractivity (Wildman–Crippen MR) is 105 cm³/mol. The number of anilines is 1. The van der Waals surface area contributed by atoms with Gasteiger partial charge in [0.25, 0.3) is 5.91 Å². The van der Waals surface area contributed by atoms with Gasteiger partial charge in [0.05, 0.1) is 18.8 Å². The molecule has 2 rings (SSSR count). The Balaban J connectivity index is 2.20. The molecule has 1 aromatic heterocycles. The number of carbonyl (C=O) groups excluding carboxylic acids is 3. The molecule has 0 spiro atoms. The van der Waals surface area contributed by atoms with Crippen molar-refractivity contribution in [2.75, 3.05) is 38.2 Å². The topological polar surface area (TPSA) is 95.4 Å². The maximum absolute atomic E-state index is 12.6. The maximum atomic E-state index is 12.6. The fourth-order valence-electron chi connectivity index (χ4n) is 3.37. The molecule has 0 aliphatic carbocycles. The molecular weight excluding hydrogens is 384 g/mol. The molecule has 1 saturated heterocycles. The minimum atomic E-state index is -0.567. The van der Waals surface area contributed by atoms with E-state index < -0.39 is 11.9 Å². The van der Waals surface area contributed by atoms with E-state index in [1.54, 1.807) is 20.8 Å². The van der Waals surface area contributed by atoms with Gasteiger partial charge in [-0.25, -0.2) is 9.59 Å². The molecule has 8 nitrogen and oxygen atoms in total. The Morgan fingerprint density at radius 1 is 1.11 bits per heavy atom. The minimum Gasteiger partial charge on any atom is -0.462 e. The lowest BCUT2D eigenvalue weighted by Crippen LogP contribution is -3.16. The van der Waals surface area contributed by atoms with E-state index in [0.717, 1.165) is 29.3 Å². The van der Waals surface area contributed by atoms with E-state index in [1.165, 1.54) is 0 Å². The Kier molecular flexibility index (Phi) is 7.97. The predicted octanol–water partition coefficient (Wildman–Crippen LogP) is 1.04. The van der Waals surface area contributed by atoms with E-state index >= 15 is 0 Å². The first-order chi connectivity index (χ1) is 13.3. The van der Waals surface area contributed by atoms with Crippen molar-refractivity contribution in [2.45, 2.75) is 46.8 Å². The zero-order valence-corrected chi connectivity index (χ0v) is 17.9. The number of amides is 1. The summed E-state index contributed by atoms with van der Waals surface area (Å²) in [5.74, 6) is -1.31. The lowest BCUT2D eigenvalue weighted by Gasteiger charge is -2.31. The lowest BCUT2D eigenvalue weighted by atomic mass is 10.1. The number of esters is 2. The van der Waals surface area contributed by atoms with Crippen molar-refractivity contribution < 1.29 is 33.5 Å². The number of carbonyl (C=O) groups is 3. The molecule has 156 valence electrons. The quantitative estimate of drug-likeness (QED) is 0.649. The van der Waals surface area contributed by atoms with E-state index in [1.807, 2.05) is 13.8 Å². The molecule has 0 radical (unpaired) electrons. The number of hydrogen-bond acceptors (Lipinski definition) is 7. The first kappa shape index (κ1) is 22.3. The zero-order chi connectivity index (χ0) is 20.8. The standard InChI is InChI=1S/C19H28N2O6S/c1-6-25-18(23)15-13(5)16(19(24)26-7-2)28-17(15)20-14(22)10-21-8-11(3)27-12(4)9-21/h11-12H,6-10H2,1-5H3,(H,20,22)/p+1/t11-,12-/m0/s1. The van der Waals surface area contributed by atoms with Crippen molar-refractivity contribution in [1.29, 1.82) is 0 Å². The molecule has 1 aliphatic heterocycles. The van der Waals surface area contributed by atoms with Gasteiger partial charge in [-0.2, -0.15) is 0 Å². The Hall–Kier alpha value is -1.97. The van der Waals surface area contributed by atoms with Crippen molar-refractivity contribution in [1.82, 2.24) is 0 Å². The summed E-state index contributed by atoms with van der Waals surface area (Å²) in [6.07, 6.45) is 0.169. The van der Waals surface area contributed by atoms with Crippen LogP contribution in [0.5, 0.6) is 0 Å². The van der Waals surface area contributed by atoms with Gasteiger partial charge in [0.15, 0.2) is 6.54 Å². The SMILES string of the molecule is CCOC(=O)c1sc(NC(=O)C[NH+]2C[C@H](C)O[C@@H](C)C2)c(C(=O)OCC)c1C. The normalized spacial score (nSPS) is 21.8. The number of quaternary nitrogens is 1. The van der Waals surface area contributed by atoms with Crippen molar-refractivity contribution in [3.05, 3.63) is 16.0 Å². The molecule has 28 heavy (non-hydrogen) atoms. The van der Waals surface area contributed by atoms with Crippen LogP contribution in [0, 0.1) is 6.92 Å². The molecule has 2 atom stereocenters. The summed E-state index contributed by atoms with van der Waals surface area (Å²) in [5, 5.41) is 3.11. The summed E-state index contributed by atoms with van der Waals surface area (Å²) in [6.45, 7) is 11.2. The highest BCUT2D eigenvalue weighted by atomic mass is 32.1. The van der Waals surface area contributed by atoms with Crippen LogP contribution in [-0.4, -0.2) is 62.9 Å². The van der Waals surface area contributed by atoms with Gasteiger partial charge in [-0.15, -0.1) is 11.3 Å². The third-order valence-electron chi connectivity index (χ3n) is 4.37. The number of rotatable bonds is 7. The van der Waals surface area contributed by atoms with Crippen molar-refractivity contribution in [2.24, 2.45) is 0 Å². The van der Waals surface area contributed by atoms with Gasteiger partial charge in [0, 0.05) is 0 Å². The molecule has 0 aromatic carbocycles. The lowest BCUT2D eigenvalue weighted by molar-refractivity contribution is -0.907. The van der Waals surface area contributed by atoms with Crippen LogP contribution in [0.25, 0.3) is 0 Å². The Morgan fingerprint density at radius 3 is 2.25 bits per heavy atom. The number of nitrogens with one attached hydrogen (secondary N) is 2. The van der Waals surface area contributed by atoms with Crippen LogP contribution >= 0.6 is 11.3 Å². The molecule has 1 aliphatic rings. The van der Waals surface area contributed by atoms with Crippen molar-refractivity contribution in [3.8, 4) is 0 Å². The number of ether oxygens (including phenoxy) is 3. The van der Waals surface area contributed by atoms with E-state index in [4.69, 9.17) is 14.2 Å². The van der Waals surface area contributed by atoms with Gasteiger partial charge < -0.3 is 24.4 Å². The van der Waals surface area contributed by atoms with E-state index in [0.29, 0.717) is 15.4 Å². The highest BCUT2D eigenvalue weighted by Crippen LogP contribution is 2.34. The molecular formula is C19H29N2O6S+. The molecule has 2 N–H and O–H groups in total. The first-order valence-corrected chi connectivity index (χ1v) is 10.3. The summed E-state index contributed by atoms with van der Waals surface area (Å²) >= 11 is 1.04. The Labute approximate surface area is 169 Å². The fraction of sp³-hybridized carbons (Fsp3) is 0.632. The molecule has 0 unspecified atom stereocenters. The second-order valence-electron chi connectivity index (χ2n) is 6.84. The minimum absolute atomic E-state index is 0.0843. The van der Waals surface area contributed by atoms with Gasteiger partial charge in [-0.05, 0) is 40.2 Å². The van der Waals surface area contributed by atoms with Crippen molar-refractivity contribution >= 4 is 34.2 Å². The monoisotopic (exact) mass is 413 g/mol. The summed E-state index contributed by atoms with van der Waals surface area (Å²) in [6, 6.07) is 0. The van der Waals surface area contributed by atoms with Crippen LogP contribution in [0.3, 0.4) is 0 Å². The molecule has 1 aromatic rings. The van der Waals surface area contributed by atoms with Crippen molar-refractivity contribution in [3.63, 3.8) is 0 Å². The molecule has 0 bridgehead atoms. The van der Waals surface area contributed by atoms with E-state index in [-0.39, 0.29) is 43.4 Å². The number of hydrogen-bond donors (Lipinski definition) is 2. The molecule has 2 heterocycles. The highest BCUT2D eigenvalue weighted by Gasteiger charge is 2.30. The average molecular weight is 414 g/mol. The first-order valence-electron chi connectivity index (χ1n) is 9.53. The molecule has 1 fully saturated rings. The molecule has 9 heteroatoms. The van der Waals surface area contributed by atoms with E-state index in [2.05, 4.69) is 5.32 Å². The maximum Gasteiger partial charge on any atom is 0.348 e. The molecule has 0 saturated carbocycles. The largest absolute Gasteiger partial charge is 0.462 e. The van der Waals surface area contributed by atoms with Gasteiger partial charge in [-0.3, -0.25) is 4.79 Å². The van der Waals surface area contributed by atoms with Crippen LogP contribution in [0.4, 0.5) is 5.00 Å².